The van der Waals surface area contributed by atoms with Crippen LogP contribution < -0.4 is 0 Å². The summed E-state index contributed by atoms with van der Waals surface area (Å²) in [5, 5.41) is 4.48. The molecule has 0 amide bonds. The lowest BCUT2D eigenvalue weighted by molar-refractivity contribution is 0.0771. The highest BCUT2D eigenvalue weighted by Gasteiger charge is 2.28. The maximum absolute atomic E-state index is 4.48. The predicted octanol–water partition coefficient (Wildman–Crippen LogP) is 4.34. The largest absolute Gasteiger partial charge is 0.300 e. The van der Waals surface area contributed by atoms with E-state index in [0.717, 1.165) is 38.1 Å². The minimum atomic E-state index is 0.767. The third-order valence-electron chi connectivity index (χ3n) is 6.70. The quantitative estimate of drug-likeness (QED) is 0.666. The van der Waals surface area contributed by atoms with E-state index in [9.17, 15) is 0 Å². The molecule has 2 aromatic rings. The number of pyridine rings is 1. The van der Waals surface area contributed by atoms with Gasteiger partial charge in [0.1, 0.15) is 0 Å². The van der Waals surface area contributed by atoms with Gasteiger partial charge in [0.25, 0.3) is 0 Å². The van der Waals surface area contributed by atoms with Gasteiger partial charge in [0.05, 0.1) is 6.20 Å². The summed E-state index contributed by atoms with van der Waals surface area (Å²) in [6, 6.07) is 5.10. The van der Waals surface area contributed by atoms with Crippen LogP contribution in [-0.4, -0.2) is 50.2 Å². The van der Waals surface area contributed by atoms with Crippen molar-refractivity contribution in [2.45, 2.75) is 77.5 Å². The van der Waals surface area contributed by atoms with Crippen LogP contribution in [-0.2, 0) is 19.6 Å². The molecule has 29 heavy (non-hydrogen) atoms. The third-order valence-corrected chi connectivity index (χ3v) is 6.70. The van der Waals surface area contributed by atoms with E-state index in [4.69, 9.17) is 0 Å². The van der Waals surface area contributed by atoms with Gasteiger partial charge in [-0.05, 0) is 56.7 Å². The minimum Gasteiger partial charge on any atom is -0.300 e. The van der Waals surface area contributed by atoms with Crippen LogP contribution in [0, 0.1) is 5.92 Å². The highest BCUT2D eigenvalue weighted by Crippen LogP contribution is 2.28. The molecule has 3 heterocycles. The molecule has 1 unspecified atom stereocenters. The first kappa shape index (κ1) is 20.5. The van der Waals surface area contributed by atoms with Crippen molar-refractivity contribution in [1.29, 1.82) is 0 Å². The summed E-state index contributed by atoms with van der Waals surface area (Å²) in [6.07, 6.45) is 18.0. The molecule has 5 nitrogen and oxygen atoms in total. The molecule has 2 fully saturated rings. The minimum absolute atomic E-state index is 0.767. The van der Waals surface area contributed by atoms with Crippen molar-refractivity contribution in [2.24, 2.45) is 5.92 Å². The molecular weight excluding hydrogens is 358 g/mol. The molecule has 4 rings (SSSR count). The van der Waals surface area contributed by atoms with Crippen LogP contribution in [0.25, 0.3) is 0 Å². The summed E-state index contributed by atoms with van der Waals surface area (Å²) in [5.41, 5.74) is 2.62. The maximum atomic E-state index is 4.48. The molecule has 2 aliphatic rings. The van der Waals surface area contributed by atoms with Gasteiger partial charge in [-0.3, -0.25) is 14.6 Å². The summed E-state index contributed by atoms with van der Waals surface area (Å²) in [4.78, 5) is 9.77. The van der Waals surface area contributed by atoms with Gasteiger partial charge in [-0.15, -0.1) is 0 Å². The van der Waals surface area contributed by atoms with Crippen LogP contribution >= 0.6 is 0 Å². The van der Waals surface area contributed by atoms with Crippen LogP contribution in [0.4, 0.5) is 0 Å². The molecule has 0 radical (unpaired) electrons. The average molecular weight is 396 g/mol. The first-order valence-corrected chi connectivity index (χ1v) is 11.7. The van der Waals surface area contributed by atoms with Gasteiger partial charge >= 0.3 is 0 Å². The molecule has 1 aliphatic heterocycles. The zero-order chi connectivity index (χ0) is 19.9. The summed E-state index contributed by atoms with van der Waals surface area (Å²) >= 11 is 0. The summed E-state index contributed by atoms with van der Waals surface area (Å²) in [7, 11) is 0. The van der Waals surface area contributed by atoms with Gasteiger partial charge in [-0.25, -0.2) is 0 Å². The summed E-state index contributed by atoms with van der Waals surface area (Å²) in [6.45, 7) is 8.76. The van der Waals surface area contributed by atoms with Crippen molar-refractivity contribution in [2.75, 3.05) is 19.6 Å². The van der Waals surface area contributed by atoms with E-state index in [1.165, 1.54) is 69.2 Å². The number of hydrogen-bond acceptors (Lipinski definition) is 4. The molecule has 0 spiro atoms. The molecule has 5 heteroatoms. The van der Waals surface area contributed by atoms with Gasteiger partial charge in [-0.2, -0.15) is 5.10 Å². The Bertz CT molecular complexity index is 722. The smallest absolute Gasteiger partial charge is 0.0534 e. The zero-order valence-electron chi connectivity index (χ0n) is 18.0. The second-order valence-electron chi connectivity index (χ2n) is 9.03. The van der Waals surface area contributed by atoms with Crippen LogP contribution in [0.5, 0.6) is 0 Å². The lowest BCUT2D eigenvalue weighted by Gasteiger charge is -2.41. The lowest BCUT2D eigenvalue weighted by Crippen LogP contribution is -2.46. The Balaban J connectivity index is 1.40. The van der Waals surface area contributed by atoms with Crippen LogP contribution in [0.3, 0.4) is 0 Å². The first-order chi connectivity index (χ1) is 14.3. The fourth-order valence-electron chi connectivity index (χ4n) is 5.24. The van der Waals surface area contributed by atoms with Crippen molar-refractivity contribution in [1.82, 2.24) is 24.6 Å². The Labute approximate surface area is 176 Å². The fourth-order valence-corrected chi connectivity index (χ4v) is 5.24. The van der Waals surface area contributed by atoms with E-state index >= 15 is 0 Å². The predicted molar refractivity (Wildman–Crippen MR) is 117 cm³/mol. The van der Waals surface area contributed by atoms with Crippen molar-refractivity contribution in [3.8, 4) is 0 Å². The van der Waals surface area contributed by atoms with E-state index in [1.54, 1.807) is 0 Å². The molecular formula is C24H37N5. The van der Waals surface area contributed by atoms with Crippen LogP contribution in [0.1, 0.15) is 63.0 Å². The Morgan fingerprint density at radius 1 is 1.03 bits per heavy atom. The topological polar surface area (TPSA) is 37.2 Å². The standard InChI is InChI=1S/C24H37N5/c1-2-29-20-23(15-26-29)18-27(16-21-8-6-12-25-14-21)17-22-9-7-13-28(19-22)24-10-4-3-5-11-24/h6,8,12,14-15,20,22,24H,2-5,7,9-11,13,16-19H2,1H3. The fraction of sp³-hybridized carbons (Fsp3) is 0.667. The number of piperidine rings is 1. The van der Waals surface area contributed by atoms with E-state index in [0.29, 0.717) is 0 Å². The van der Waals surface area contributed by atoms with Crippen molar-refractivity contribution in [3.63, 3.8) is 0 Å². The highest BCUT2D eigenvalue weighted by molar-refractivity contribution is 5.10. The Kier molecular flexibility index (Phi) is 7.33. The maximum Gasteiger partial charge on any atom is 0.0534 e. The number of nitrogens with zero attached hydrogens (tertiary/aromatic N) is 5. The van der Waals surface area contributed by atoms with Gasteiger partial charge in [0, 0.05) is 62.9 Å². The Morgan fingerprint density at radius 3 is 2.66 bits per heavy atom. The monoisotopic (exact) mass is 395 g/mol. The second-order valence-corrected chi connectivity index (χ2v) is 9.03. The molecule has 1 saturated heterocycles. The third kappa shape index (κ3) is 5.89. The summed E-state index contributed by atoms with van der Waals surface area (Å²) in [5.74, 6) is 0.767. The van der Waals surface area contributed by atoms with Gasteiger partial charge in [-0.1, -0.05) is 25.3 Å². The number of likely N-dealkylation sites (tertiary alicyclic amines) is 1. The van der Waals surface area contributed by atoms with Crippen LogP contribution in [0.15, 0.2) is 36.9 Å². The normalized spacial score (nSPS) is 21.7. The van der Waals surface area contributed by atoms with Crippen LogP contribution in [0.2, 0.25) is 0 Å². The highest BCUT2D eigenvalue weighted by atomic mass is 15.3. The molecule has 1 aliphatic carbocycles. The number of aromatic nitrogens is 3. The molecule has 1 saturated carbocycles. The van der Waals surface area contributed by atoms with E-state index in [-0.39, 0.29) is 0 Å². The van der Waals surface area contributed by atoms with E-state index in [2.05, 4.69) is 39.1 Å². The van der Waals surface area contributed by atoms with Gasteiger partial charge < -0.3 is 4.90 Å². The molecule has 1 atom stereocenters. The number of hydrogen-bond donors (Lipinski definition) is 0. The molecule has 158 valence electrons. The first-order valence-electron chi connectivity index (χ1n) is 11.7. The average Bonchev–Trinajstić information content (AvgIpc) is 3.23. The Hall–Kier alpha value is -1.72. The van der Waals surface area contributed by atoms with Crippen molar-refractivity contribution < 1.29 is 0 Å². The number of aryl methyl sites for hydroxylation is 1. The number of rotatable bonds is 8. The SMILES string of the molecule is CCn1cc(CN(Cc2cccnc2)CC2CCCN(C3CCCCC3)C2)cn1. The molecule has 2 aromatic heterocycles. The van der Waals surface area contributed by atoms with Crippen molar-refractivity contribution in [3.05, 3.63) is 48.0 Å². The van der Waals surface area contributed by atoms with E-state index < -0.39 is 0 Å². The second kappa shape index (κ2) is 10.4. The van der Waals surface area contributed by atoms with E-state index in [1.807, 2.05) is 29.3 Å². The Morgan fingerprint density at radius 2 is 1.90 bits per heavy atom. The molecule has 0 aromatic carbocycles. The molecule has 0 bridgehead atoms. The van der Waals surface area contributed by atoms with Gasteiger partial charge in [0.2, 0.25) is 0 Å². The molecule has 0 N–H and O–H groups in total. The lowest BCUT2D eigenvalue weighted by atomic mass is 9.90. The van der Waals surface area contributed by atoms with Crippen molar-refractivity contribution >= 4 is 0 Å². The summed E-state index contributed by atoms with van der Waals surface area (Å²) < 4.78 is 2.03. The van der Waals surface area contributed by atoms with Gasteiger partial charge in [0.15, 0.2) is 0 Å². The zero-order valence-corrected chi connectivity index (χ0v) is 18.0.